The lowest BCUT2D eigenvalue weighted by atomic mass is 10.1. The van der Waals surface area contributed by atoms with Gasteiger partial charge in [-0.2, -0.15) is 0 Å². The monoisotopic (exact) mass is 301 g/mol. The fraction of sp³-hybridized carbons (Fsp3) is 0.938. The minimum atomic E-state index is -0.111. The van der Waals surface area contributed by atoms with Crippen LogP contribution in [-0.4, -0.2) is 51.6 Å². The molecule has 0 amide bonds. The third kappa shape index (κ3) is 10.7. The summed E-state index contributed by atoms with van der Waals surface area (Å²) in [6.07, 6.45) is 7.46. The van der Waals surface area contributed by atoms with Crippen LogP contribution < -0.4 is 5.32 Å². The summed E-state index contributed by atoms with van der Waals surface area (Å²) in [4.78, 5) is 11.4. The van der Waals surface area contributed by atoms with Crippen LogP contribution in [0.5, 0.6) is 0 Å². The number of carbonyl (C=O) groups is 1. The standard InChI is InChI=1S/C16H31NO4/c1-2-3-4-5-6-16(18)21-14-12-19-11-13-20-15-7-9-17-10-8-15/h15,17H,2-14H2,1H3. The number of esters is 1. The highest BCUT2D eigenvalue weighted by atomic mass is 16.6. The molecule has 1 fully saturated rings. The lowest BCUT2D eigenvalue weighted by molar-refractivity contribution is -0.145. The summed E-state index contributed by atoms with van der Waals surface area (Å²) >= 11 is 0. The molecule has 0 saturated carbocycles. The van der Waals surface area contributed by atoms with Gasteiger partial charge in [0.05, 0.1) is 25.9 Å². The second kappa shape index (κ2) is 13.0. The average molecular weight is 301 g/mol. The summed E-state index contributed by atoms with van der Waals surface area (Å²) in [5.41, 5.74) is 0. The van der Waals surface area contributed by atoms with Crippen molar-refractivity contribution in [3.05, 3.63) is 0 Å². The zero-order chi connectivity index (χ0) is 15.2. The molecular weight excluding hydrogens is 270 g/mol. The van der Waals surface area contributed by atoms with Gasteiger partial charge in [-0.3, -0.25) is 4.79 Å². The Bertz CT molecular complexity index is 255. The van der Waals surface area contributed by atoms with Gasteiger partial charge in [0.25, 0.3) is 0 Å². The summed E-state index contributed by atoms with van der Waals surface area (Å²) < 4.78 is 16.2. The van der Waals surface area contributed by atoms with Gasteiger partial charge < -0.3 is 19.5 Å². The van der Waals surface area contributed by atoms with E-state index >= 15 is 0 Å². The van der Waals surface area contributed by atoms with Gasteiger partial charge >= 0.3 is 5.97 Å². The number of carbonyl (C=O) groups excluding carboxylic acids is 1. The van der Waals surface area contributed by atoms with Crippen molar-refractivity contribution >= 4 is 5.97 Å². The molecule has 1 saturated heterocycles. The van der Waals surface area contributed by atoms with Gasteiger partial charge in [-0.15, -0.1) is 0 Å². The molecule has 0 radical (unpaired) electrons. The maximum Gasteiger partial charge on any atom is 0.305 e. The Balaban J connectivity index is 1.80. The highest BCUT2D eigenvalue weighted by Crippen LogP contribution is 2.06. The van der Waals surface area contributed by atoms with Crippen LogP contribution in [-0.2, 0) is 19.0 Å². The Hall–Kier alpha value is -0.650. The van der Waals surface area contributed by atoms with Gasteiger partial charge in [0.1, 0.15) is 6.61 Å². The topological polar surface area (TPSA) is 56.8 Å². The Morgan fingerprint density at radius 2 is 1.81 bits per heavy atom. The van der Waals surface area contributed by atoms with E-state index in [9.17, 15) is 4.79 Å². The molecule has 1 rings (SSSR count). The van der Waals surface area contributed by atoms with E-state index in [-0.39, 0.29) is 5.97 Å². The molecule has 0 unspecified atom stereocenters. The fourth-order valence-electron chi connectivity index (χ4n) is 2.32. The molecule has 0 aliphatic carbocycles. The molecule has 0 aromatic heterocycles. The Kier molecular flexibility index (Phi) is 11.4. The van der Waals surface area contributed by atoms with Crippen molar-refractivity contribution < 1.29 is 19.0 Å². The predicted molar refractivity (Wildman–Crippen MR) is 82.4 cm³/mol. The molecule has 0 bridgehead atoms. The minimum absolute atomic E-state index is 0.111. The number of ether oxygens (including phenoxy) is 3. The van der Waals surface area contributed by atoms with E-state index < -0.39 is 0 Å². The predicted octanol–water partition coefficient (Wildman–Crippen LogP) is 2.29. The number of hydrogen-bond acceptors (Lipinski definition) is 5. The van der Waals surface area contributed by atoms with E-state index in [1.54, 1.807) is 0 Å². The first-order valence-corrected chi connectivity index (χ1v) is 8.38. The molecule has 1 N–H and O–H groups in total. The van der Waals surface area contributed by atoms with Crippen LogP contribution in [0.2, 0.25) is 0 Å². The van der Waals surface area contributed by atoms with Crippen molar-refractivity contribution in [1.29, 1.82) is 0 Å². The first-order valence-electron chi connectivity index (χ1n) is 8.38. The largest absolute Gasteiger partial charge is 0.463 e. The molecule has 0 aromatic rings. The maximum absolute atomic E-state index is 11.4. The molecule has 1 aliphatic rings. The number of piperidine rings is 1. The van der Waals surface area contributed by atoms with Crippen molar-refractivity contribution in [1.82, 2.24) is 5.32 Å². The van der Waals surface area contributed by atoms with Crippen LogP contribution in [0.4, 0.5) is 0 Å². The third-order valence-corrected chi connectivity index (χ3v) is 3.59. The van der Waals surface area contributed by atoms with Crippen molar-refractivity contribution in [3.8, 4) is 0 Å². The van der Waals surface area contributed by atoms with Gasteiger partial charge in [-0.05, 0) is 32.4 Å². The molecule has 1 aliphatic heterocycles. The first kappa shape index (κ1) is 18.4. The van der Waals surface area contributed by atoms with Gasteiger partial charge in [-0.1, -0.05) is 26.2 Å². The smallest absolute Gasteiger partial charge is 0.305 e. The first-order chi connectivity index (χ1) is 10.3. The minimum Gasteiger partial charge on any atom is -0.463 e. The van der Waals surface area contributed by atoms with Crippen LogP contribution in [0.1, 0.15) is 51.9 Å². The summed E-state index contributed by atoms with van der Waals surface area (Å²) in [7, 11) is 0. The van der Waals surface area contributed by atoms with E-state index in [1.807, 2.05) is 0 Å². The van der Waals surface area contributed by atoms with Crippen LogP contribution in [0.15, 0.2) is 0 Å². The summed E-state index contributed by atoms with van der Waals surface area (Å²) in [6, 6.07) is 0. The lowest BCUT2D eigenvalue weighted by Gasteiger charge is -2.22. The quantitative estimate of drug-likeness (QED) is 0.443. The maximum atomic E-state index is 11.4. The molecule has 124 valence electrons. The van der Waals surface area contributed by atoms with Gasteiger partial charge in [0.15, 0.2) is 0 Å². The molecule has 1 heterocycles. The van der Waals surface area contributed by atoms with Gasteiger partial charge in [0.2, 0.25) is 0 Å². The number of unbranched alkanes of at least 4 members (excludes halogenated alkanes) is 3. The van der Waals surface area contributed by atoms with E-state index in [4.69, 9.17) is 14.2 Å². The Morgan fingerprint density at radius 1 is 1.05 bits per heavy atom. The van der Waals surface area contributed by atoms with Gasteiger partial charge in [-0.25, -0.2) is 0 Å². The molecule has 0 atom stereocenters. The van der Waals surface area contributed by atoms with Gasteiger partial charge in [0, 0.05) is 6.42 Å². The van der Waals surface area contributed by atoms with Crippen LogP contribution in [0, 0.1) is 0 Å². The number of rotatable bonds is 12. The Labute approximate surface area is 128 Å². The van der Waals surface area contributed by atoms with Crippen LogP contribution in [0.3, 0.4) is 0 Å². The molecule has 5 nitrogen and oxygen atoms in total. The van der Waals surface area contributed by atoms with E-state index in [0.717, 1.165) is 38.8 Å². The van der Waals surface area contributed by atoms with Crippen LogP contribution >= 0.6 is 0 Å². The zero-order valence-electron chi connectivity index (χ0n) is 13.4. The highest BCUT2D eigenvalue weighted by Gasteiger charge is 2.12. The van der Waals surface area contributed by atoms with E-state index in [2.05, 4.69) is 12.2 Å². The van der Waals surface area contributed by atoms with E-state index in [1.165, 1.54) is 12.8 Å². The molecule has 21 heavy (non-hydrogen) atoms. The Morgan fingerprint density at radius 3 is 2.57 bits per heavy atom. The zero-order valence-corrected chi connectivity index (χ0v) is 13.4. The average Bonchev–Trinajstić information content (AvgIpc) is 2.51. The van der Waals surface area contributed by atoms with Crippen molar-refractivity contribution in [2.45, 2.75) is 58.0 Å². The summed E-state index contributed by atoms with van der Waals surface area (Å²) in [5.74, 6) is -0.111. The number of hydrogen-bond donors (Lipinski definition) is 1. The highest BCUT2D eigenvalue weighted by molar-refractivity contribution is 5.69. The van der Waals surface area contributed by atoms with Crippen molar-refractivity contribution in [2.24, 2.45) is 0 Å². The molecule has 0 aromatic carbocycles. The second-order valence-electron chi connectivity index (χ2n) is 5.46. The molecular formula is C16H31NO4. The van der Waals surface area contributed by atoms with Crippen LogP contribution in [0.25, 0.3) is 0 Å². The molecule has 0 spiro atoms. The second-order valence-corrected chi connectivity index (χ2v) is 5.46. The van der Waals surface area contributed by atoms with Crippen molar-refractivity contribution in [2.75, 3.05) is 39.5 Å². The number of nitrogens with one attached hydrogen (secondary N) is 1. The third-order valence-electron chi connectivity index (χ3n) is 3.59. The normalized spacial score (nSPS) is 16.0. The fourth-order valence-corrected chi connectivity index (χ4v) is 2.32. The van der Waals surface area contributed by atoms with E-state index in [0.29, 0.717) is 39.0 Å². The van der Waals surface area contributed by atoms with Crippen molar-refractivity contribution in [3.63, 3.8) is 0 Å². The molecule has 5 heteroatoms. The summed E-state index contributed by atoms with van der Waals surface area (Å²) in [6.45, 7) is 6.23. The summed E-state index contributed by atoms with van der Waals surface area (Å²) in [5, 5.41) is 3.31. The lowest BCUT2D eigenvalue weighted by Crippen LogP contribution is -2.33. The SMILES string of the molecule is CCCCCCC(=O)OCCOCCOC1CCNCC1.